The smallest absolute Gasteiger partial charge is 0.224 e. The zero-order valence-corrected chi connectivity index (χ0v) is 17.3. The van der Waals surface area contributed by atoms with Gasteiger partial charge in [-0.25, -0.2) is 0 Å². The molecule has 1 aromatic heterocycles. The summed E-state index contributed by atoms with van der Waals surface area (Å²) in [5.74, 6) is 0.301. The van der Waals surface area contributed by atoms with Gasteiger partial charge in [-0.05, 0) is 44.4 Å². The van der Waals surface area contributed by atoms with Crippen LogP contribution in [-0.2, 0) is 9.53 Å². The molecule has 6 nitrogen and oxygen atoms in total. The second kappa shape index (κ2) is 9.55. The first-order valence-corrected chi connectivity index (χ1v) is 10.9. The number of aromatic nitrogens is 1. The number of rotatable bonds is 6. The molecule has 1 N–H and O–H groups in total. The molecule has 0 radical (unpaired) electrons. The van der Waals surface area contributed by atoms with Crippen molar-refractivity contribution in [2.45, 2.75) is 31.7 Å². The Hall–Kier alpha value is -2.18. The van der Waals surface area contributed by atoms with Crippen molar-refractivity contribution < 1.29 is 9.53 Å². The van der Waals surface area contributed by atoms with Crippen LogP contribution in [0.3, 0.4) is 0 Å². The predicted octanol–water partition coefficient (Wildman–Crippen LogP) is 2.68. The van der Waals surface area contributed by atoms with Gasteiger partial charge < -0.3 is 15.0 Å². The van der Waals surface area contributed by atoms with Crippen molar-refractivity contribution in [2.24, 2.45) is 5.92 Å². The molecule has 4 rings (SSSR count). The molecule has 1 aromatic carbocycles. The number of carbonyl (C=O) groups is 1. The van der Waals surface area contributed by atoms with Crippen molar-refractivity contribution in [3.63, 3.8) is 0 Å². The van der Waals surface area contributed by atoms with Crippen LogP contribution in [0.25, 0.3) is 10.9 Å². The van der Waals surface area contributed by atoms with Crippen molar-refractivity contribution in [1.29, 1.82) is 0 Å². The van der Waals surface area contributed by atoms with Crippen molar-refractivity contribution in [1.82, 2.24) is 15.2 Å². The van der Waals surface area contributed by atoms with Gasteiger partial charge in [0.25, 0.3) is 0 Å². The Labute approximate surface area is 173 Å². The predicted molar refractivity (Wildman–Crippen MR) is 116 cm³/mol. The Morgan fingerprint density at radius 1 is 1.17 bits per heavy atom. The quantitative estimate of drug-likeness (QED) is 0.761. The van der Waals surface area contributed by atoms with E-state index >= 15 is 0 Å². The van der Waals surface area contributed by atoms with Gasteiger partial charge in [-0.15, -0.1) is 0 Å². The van der Waals surface area contributed by atoms with E-state index in [4.69, 9.17) is 4.74 Å². The zero-order chi connectivity index (χ0) is 20.1. The molecular formula is C23H32N4O2. The number of amides is 1. The number of benzene rings is 1. The first-order chi connectivity index (χ1) is 14.3. The zero-order valence-electron chi connectivity index (χ0n) is 17.3. The summed E-state index contributed by atoms with van der Waals surface area (Å²) < 4.78 is 5.04. The minimum Gasteiger partial charge on any atom is -0.383 e. The molecule has 0 spiro atoms. The van der Waals surface area contributed by atoms with E-state index in [0.29, 0.717) is 19.2 Å². The first-order valence-electron chi connectivity index (χ1n) is 10.9. The largest absolute Gasteiger partial charge is 0.383 e. The molecular weight excluding hydrogens is 364 g/mol. The highest BCUT2D eigenvalue weighted by Gasteiger charge is 2.31. The summed E-state index contributed by atoms with van der Waals surface area (Å²) >= 11 is 0. The van der Waals surface area contributed by atoms with E-state index in [1.165, 1.54) is 11.1 Å². The monoisotopic (exact) mass is 396 g/mol. The topological polar surface area (TPSA) is 57.7 Å². The highest BCUT2D eigenvalue weighted by molar-refractivity contribution is 5.91. The third kappa shape index (κ3) is 4.70. The van der Waals surface area contributed by atoms with Gasteiger partial charge in [0.1, 0.15) is 0 Å². The fraction of sp³-hybridized carbons (Fsp3) is 0.565. The Bertz CT molecular complexity index is 814. The maximum Gasteiger partial charge on any atom is 0.224 e. The number of likely N-dealkylation sites (tertiary alicyclic amines) is 1. The van der Waals surface area contributed by atoms with E-state index in [0.717, 1.165) is 57.4 Å². The number of carbonyl (C=O) groups excluding carboxylic acids is 1. The summed E-state index contributed by atoms with van der Waals surface area (Å²) in [5.41, 5.74) is 2.36. The van der Waals surface area contributed by atoms with Gasteiger partial charge >= 0.3 is 0 Å². The maximum atomic E-state index is 12.5. The summed E-state index contributed by atoms with van der Waals surface area (Å²) in [4.78, 5) is 22.0. The number of ether oxygens (including phenoxy) is 1. The molecule has 3 heterocycles. The van der Waals surface area contributed by atoms with Crippen LogP contribution in [-0.4, -0.2) is 68.3 Å². The molecule has 1 atom stereocenters. The molecule has 2 fully saturated rings. The SMILES string of the molecule is COCCNC(=O)C1CCCN(C2CCN(c3ccnc4ccccc34)CC2)C1. The summed E-state index contributed by atoms with van der Waals surface area (Å²) in [6.07, 6.45) is 6.32. The lowest BCUT2D eigenvalue weighted by molar-refractivity contribution is -0.127. The third-order valence-corrected chi connectivity index (χ3v) is 6.38. The van der Waals surface area contributed by atoms with Crippen LogP contribution in [0.1, 0.15) is 25.7 Å². The number of para-hydroxylation sites is 1. The number of fused-ring (bicyclic) bond motifs is 1. The Balaban J connectivity index is 1.34. The van der Waals surface area contributed by atoms with Gasteiger partial charge in [0.2, 0.25) is 5.91 Å². The van der Waals surface area contributed by atoms with E-state index in [-0.39, 0.29) is 11.8 Å². The van der Waals surface area contributed by atoms with Crippen molar-refractivity contribution in [3.8, 4) is 0 Å². The minimum absolute atomic E-state index is 0.114. The molecule has 156 valence electrons. The Morgan fingerprint density at radius 2 is 2.00 bits per heavy atom. The fourth-order valence-electron chi connectivity index (χ4n) is 4.80. The van der Waals surface area contributed by atoms with E-state index in [1.807, 2.05) is 12.3 Å². The number of piperidine rings is 2. The molecule has 6 heteroatoms. The molecule has 1 amide bonds. The van der Waals surface area contributed by atoms with Crippen molar-refractivity contribution in [3.05, 3.63) is 36.5 Å². The molecule has 1 unspecified atom stereocenters. The second-order valence-electron chi connectivity index (χ2n) is 8.18. The lowest BCUT2D eigenvalue weighted by Gasteiger charge is -2.42. The highest BCUT2D eigenvalue weighted by Crippen LogP contribution is 2.30. The summed E-state index contributed by atoms with van der Waals surface area (Å²) in [5, 5.41) is 4.25. The summed E-state index contributed by atoms with van der Waals surface area (Å²) in [6.45, 7) is 5.29. The van der Waals surface area contributed by atoms with Gasteiger partial charge in [0.15, 0.2) is 0 Å². The van der Waals surface area contributed by atoms with E-state index in [1.54, 1.807) is 7.11 Å². The normalized spacial score (nSPS) is 21.4. The van der Waals surface area contributed by atoms with Crippen LogP contribution in [0.4, 0.5) is 5.69 Å². The van der Waals surface area contributed by atoms with Gasteiger partial charge in [0, 0.05) is 56.6 Å². The summed E-state index contributed by atoms with van der Waals surface area (Å²) in [7, 11) is 1.66. The van der Waals surface area contributed by atoms with Crippen LogP contribution >= 0.6 is 0 Å². The molecule has 29 heavy (non-hydrogen) atoms. The molecule has 2 aliphatic heterocycles. The first kappa shape index (κ1) is 20.1. The average Bonchev–Trinajstić information content (AvgIpc) is 2.79. The number of anilines is 1. The third-order valence-electron chi connectivity index (χ3n) is 6.38. The van der Waals surface area contributed by atoms with Gasteiger partial charge in [-0.2, -0.15) is 0 Å². The van der Waals surface area contributed by atoms with Crippen molar-refractivity contribution in [2.75, 3.05) is 51.3 Å². The Kier molecular flexibility index (Phi) is 6.62. The minimum atomic E-state index is 0.114. The second-order valence-corrected chi connectivity index (χ2v) is 8.18. The Morgan fingerprint density at radius 3 is 2.83 bits per heavy atom. The van der Waals surface area contributed by atoms with Crippen LogP contribution in [0.5, 0.6) is 0 Å². The molecule has 2 saturated heterocycles. The van der Waals surface area contributed by atoms with Crippen LogP contribution < -0.4 is 10.2 Å². The van der Waals surface area contributed by atoms with Crippen LogP contribution in [0, 0.1) is 5.92 Å². The lowest BCUT2D eigenvalue weighted by Crippen LogP contribution is -2.51. The van der Waals surface area contributed by atoms with E-state index in [9.17, 15) is 4.79 Å². The van der Waals surface area contributed by atoms with E-state index < -0.39 is 0 Å². The fourth-order valence-corrected chi connectivity index (χ4v) is 4.80. The average molecular weight is 397 g/mol. The number of nitrogens with zero attached hydrogens (tertiary/aromatic N) is 3. The number of methoxy groups -OCH3 is 1. The number of hydrogen-bond donors (Lipinski definition) is 1. The summed E-state index contributed by atoms with van der Waals surface area (Å²) in [6, 6.07) is 11.1. The molecule has 2 aliphatic rings. The van der Waals surface area contributed by atoms with Gasteiger partial charge in [-0.3, -0.25) is 14.7 Å². The number of pyridine rings is 1. The van der Waals surface area contributed by atoms with Crippen LogP contribution in [0.2, 0.25) is 0 Å². The van der Waals surface area contributed by atoms with Gasteiger partial charge in [-0.1, -0.05) is 18.2 Å². The molecule has 2 aromatic rings. The van der Waals surface area contributed by atoms with Crippen LogP contribution in [0.15, 0.2) is 36.5 Å². The number of hydrogen-bond acceptors (Lipinski definition) is 5. The number of nitrogens with one attached hydrogen (secondary N) is 1. The lowest BCUT2D eigenvalue weighted by atomic mass is 9.93. The standard InChI is InChI=1S/C23H32N4O2/c1-29-16-12-25-23(28)18-5-4-13-27(17-18)19-9-14-26(15-10-19)22-8-11-24-21-7-3-2-6-20(21)22/h2-3,6-8,11,18-19H,4-5,9-10,12-17H2,1H3,(H,25,28). The maximum absolute atomic E-state index is 12.5. The molecule has 0 bridgehead atoms. The molecule has 0 aliphatic carbocycles. The van der Waals surface area contributed by atoms with E-state index in [2.05, 4.69) is 44.4 Å². The highest BCUT2D eigenvalue weighted by atomic mass is 16.5. The van der Waals surface area contributed by atoms with Gasteiger partial charge in [0.05, 0.1) is 18.0 Å². The van der Waals surface area contributed by atoms with Crippen molar-refractivity contribution >= 4 is 22.5 Å². The molecule has 0 saturated carbocycles.